The Balaban J connectivity index is 1.95. The maximum absolute atomic E-state index is 10.9. The fraction of sp³-hybridized carbons (Fsp3) is 0.385. The molecule has 1 heterocycles. The Labute approximate surface area is 101 Å². The van der Waals surface area contributed by atoms with Gasteiger partial charge in [-0.25, -0.2) is 0 Å². The molecule has 4 heteroatoms. The highest BCUT2D eigenvalue weighted by Gasteiger charge is 2.21. The van der Waals surface area contributed by atoms with Crippen molar-refractivity contribution in [1.82, 2.24) is 5.32 Å². The third-order valence-corrected chi connectivity index (χ3v) is 2.91. The largest absolute Gasteiger partial charge is 0.366 e. The second-order valence-corrected chi connectivity index (χ2v) is 4.28. The van der Waals surface area contributed by atoms with Gasteiger partial charge in [-0.1, -0.05) is 30.3 Å². The summed E-state index contributed by atoms with van der Waals surface area (Å²) in [6.07, 6.45) is 2.09. The van der Waals surface area contributed by atoms with E-state index in [0.717, 1.165) is 31.8 Å². The van der Waals surface area contributed by atoms with Gasteiger partial charge in [-0.2, -0.15) is 0 Å². The van der Waals surface area contributed by atoms with Gasteiger partial charge in [0.15, 0.2) is 6.54 Å². The minimum atomic E-state index is -0.272. The zero-order valence-corrected chi connectivity index (χ0v) is 9.86. The fourth-order valence-corrected chi connectivity index (χ4v) is 2.09. The molecule has 0 aliphatic carbocycles. The van der Waals surface area contributed by atoms with Crippen molar-refractivity contribution in [2.45, 2.75) is 19.4 Å². The van der Waals surface area contributed by atoms with E-state index >= 15 is 0 Å². The molecule has 0 saturated heterocycles. The number of hydrogen-bond acceptors (Lipinski definition) is 2. The molecular weight excluding hydrogens is 214 g/mol. The van der Waals surface area contributed by atoms with Crippen LogP contribution in [0.15, 0.2) is 30.3 Å². The monoisotopic (exact) mass is 232 g/mol. The van der Waals surface area contributed by atoms with Gasteiger partial charge in [-0.3, -0.25) is 14.7 Å². The topological polar surface area (TPSA) is 58.1 Å². The predicted molar refractivity (Wildman–Crippen MR) is 66.7 cm³/mol. The molecule has 1 aromatic rings. The van der Waals surface area contributed by atoms with Crippen molar-refractivity contribution in [3.05, 3.63) is 35.9 Å². The number of nitrogens with zero attached hydrogens (tertiary/aromatic N) is 1. The first-order chi connectivity index (χ1) is 8.25. The van der Waals surface area contributed by atoms with Crippen LogP contribution in [-0.2, 0) is 11.3 Å². The molecule has 0 spiro atoms. The summed E-state index contributed by atoms with van der Waals surface area (Å²) in [4.78, 5) is 10.9. The Bertz CT molecular complexity index is 426. The van der Waals surface area contributed by atoms with E-state index in [-0.39, 0.29) is 5.91 Å². The zero-order chi connectivity index (χ0) is 12.1. The molecule has 0 saturated carbocycles. The van der Waals surface area contributed by atoms with E-state index in [0.29, 0.717) is 6.54 Å². The summed E-state index contributed by atoms with van der Waals surface area (Å²) in [5, 5.41) is 3.39. The van der Waals surface area contributed by atoms with Gasteiger partial charge in [-0.15, -0.1) is 0 Å². The Morgan fingerprint density at radius 3 is 2.82 bits per heavy atom. The van der Waals surface area contributed by atoms with Crippen LogP contribution in [-0.4, -0.2) is 29.4 Å². The highest BCUT2D eigenvalue weighted by molar-refractivity contribution is 5.80. The maximum Gasteiger partial charge on any atom is 0.259 e. The maximum atomic E-state index is 10.9. The summed E-state index contributed by atoms with van der Waals surface area (Å²) < 4.78 is 2.03. The van der Waals surface area contributed by atoms with E-state index in [2.05, 4.69) is 17.4 Å². The molecule has 1 aromatic carbocycles. The lowest BCUT2D eigenvalue weighted by molar-refractivity contribution is -0.510. The van der Waals surface area contributed by atoms with Gasteiger partial charge >= 0.3 is 0 Å². The van der Waals surface area contributed by atoms with E-state index in [9.17, 15) is 4.79 Å². The van der Waals surface area contributed by atoms with Crippen LogP contribution in [0.4, 0.5) is 0 Å². The van der Waals surface area contributed by atoms with E-state index in [1.165, 1.54) is 5.56 Å². The number of primary amides is 1. The average Bonchev–Trinajstić information content (AvgIpc) is 2.74. The number of benzene rings is 1. The third kappa shape index (κ3) is 3.31. The van der Waals surface area contributed by atoms with Crippen molar-refractivity contribution in [2.24, 2.45) is 5.73 Å². The minimum absolute atomic E-state index is 0.272. The highest BCUT2D eigenvalue weighted by atomic mass is 16.1. The number of nitrogens with one attached hydrogen (secondary N) is 1. The van der Waals surface area contributed by atoms with Crippen molar-refractivity contribution in [1.29, 1.82) is 0 Å². The first-order valence-electron chi connectivity index (χ1n) is 5.92. The minimum Gasteiger partial charge on any atom is -0.366 e. The predicted octanol–water partition coefficient (Wildman–Crippen LogP) is 0.466. The van der Waals surface area contributed by atoms with Gasteiger partial charge in [0.1, 0.15) is 6.54 Å². The zero-order valence-electron chi connectivity index (χ0n) is 9.86. The van der Waals surface area contributed by atoms with Gasteiger partial charge in [0, 0.05) is 0 Å². The first-order valence-corrected chi connectivity index (χ1v) is 5.92. The Hall–Kier alpha value is -1.84. The molecule has 90 valence electrons. The van der Waals surface area contributed by atoms with E-state index in [1.54, 1.807) is 0 Å². The molecule has 2 rings (SSSR count). The third-order valence-electron chi connectivity index (χ3n) is 2.91. The summed E-state index contributed by atoms with van der Waals surface area (Å²) in [6.45, 7) is 2.03. The summed E-state index contributed by atoms with van der Waals surface area (Å²) in [7, 11) is 0. The molecule has 0 unspecified atom stereocenters. The number of hydrogen-bond donors (Lipinski definition) is 2. The lowest BCUT2D eigenvalue weighted by atomic mass is 10.2. The quantitative estimate of drug-likeness (QED) is 0.741. The van der Waals surface area contributed by atoms with Crippen LogP contribution in [0.25, 0.3) is 0 Å². The van der Waals surface area contributed by atoms with Crippen LogP contribution < -0.4 is 11.1 Å². The number of carbonyl (C=O) groups is 1. The normalized spacial score (nSPS) is 15.1. The van der Waals surface area contributed by atoms with Gasteiger partial charge in [0.25, 0.3) is 5.91 Å². The van der Waals surface area contributed by atoms with Crippen molar-refractivity contribution in [3.63, 3.8) is 0 Å². The van der Waals surface area contributed by atoms with Crippen molar-refractivity contribution < 1.29 is 9.37 Å². The number of nitrogens with two attached hydrogens (primary N) is 1. The average molecular weight is 232 g/mol. The lowest BCUT2D eigenvalue weighted by Gasteiger charge is -2.04. The number of amides is 1. The molecule has 17 heavy (non-hydrogen) atoms. The number of rotatable bonds is 4. The molecular formula is C13H18N3O+. The molecule has 4 nitrogen and oxygen atoms in total. The van der Waals surface area contributed by atoms with Crippen molar-refractivity contribution in [2.75, 3.05) is 13.1 Å². The molecule has 1 aliphatic heterocycles. The van der Waals surface area contributed by atoms with Crippen LogP contribution in [0.1, 0.15) is 18.4 Å². The molecule has 0 atom stereocenters. The molecule has 0 bridgehead atoms. The summed E-state index contributed by atoms with van der Waals surface area (Å²) in [6, 6.07) is 10.2. The SMILES string of the molecule is NC(=O)C[N+]1=C(NCc2ccccc2)CCC1. The number of carbonyl (C=O) groups excluding carboxylic acids is 1. The fourth-order valence-electron chi connectivity index (χ4n) is 2.09. The Morgan fingerprint density at radius 2 is 2.12 bits per heavy atom. The molecule has 0 fully saturated rings. The standard InChI is InChI=1S/C13H17N3O/c14-12(17)10-16-8-4-7-13(16)15-9-11-5-2-1-3-6-11/h1-3,5-6H,4,7-10H2,(H2,14,17)/p+1. The smallest absolute Gasteiger partial charge is 0.259 e. The van der Waals surface area contributed by atoms with Crippen LogP contribution in [0.2, 0.25) is 0 Å². The van der Waals surface area contributed by atoms with Gasteiger partial charge in [-0.05, 0) is 12.0 Å². The van der Waals surface area contributed by atoms with Crippen molar-refractivity contribution >= 4 is 11.7 Å². The van der Waals surface area contributed by atoms with Crippen molar-refractivity contribution in [3.8, 4) is 0 Å². The van der Waals surface area contributed by atoms with Crippen LogP contribution >= 0.6 is 0 Å². The van der Waals surface area contributed by atoms with Gasteiger partial charge in [0.05, 0.1) is 13.0 Å². The molecule has 1 amide bonds. The second-order valence-electron chi connectivity index (χ2n) is 4.28. The van der Waals surface area contributed by atoms with E-state index in [1.807, 2.05) is 22.8 Å². The summed E-state index contributed by atoms with van der Waals surface area (Å²) >= 11 is 0. The first kappa shape index (κ1) is 11.6. The van der Waals surface area contributed by atoms with Crippen LogP contribution in [0, 0.1) is 0 Å². The van der Waals surface area contributed by atoms with E-state index < -0.39 is 0 Å². The van der Waals surface area contributed by atoms with Crippen LogP contribution in [0.5, 0.6) is 0 Å². The second kappa shape index (κ2) is 5.48. The summed E-state index contributed by atoms with van der Waals surface area (Å²) in [5.41, 5.74) is 6.46. The molecule has 3 N–H and O–H groups in total. The van der Waals surface area contributed by atoms with E-state index in [4.69, 9.17) is 5.73 Å². The summed E-state index contributed by atoms with van der Waals surface area (Å²) in [5.74, 6) is 0.860. The molecule has 0 radical (unpaired) electrons. The van der Waals surface area contributed by atoms with Gasteiger partial charge < -0.3 is 5.73 Å². The Morgan fingerprint density at radius 1 is 1.35 bits per heavy atom. The number of amidine groups is 1. The molecule has 0 aromatic heterocycles. The van der Waals surface area contributed by atoms with Gasteiger partial charge in [0.2, 0.25) is 5.84 Å². The lowest BCUT2D eigenvalue weighted by Crippen LogP contribution is -2.34. The molecule has 1 aliphatic rings. The van der Waals surface area contributed by atoms with Crippen LogP contribution in [0.3, 0.4) is 0 Å². The highest BCUT2D eigenvalue weighted by Crippen LogP contribution is 2.04. The Kier molecular flexibility index (Phi) is 3.75.